The van der Waals surface area contributed by atoms with Gasteiger partial charge in [0, 0.05) is 5.92 Å². The van der Waals surface area contributed by atoms with Crippen molar-refractivity contribution in [3.05, 3.63) is 58.1 Å². The molecule has 4 rings (SSSR count). The Kier molecular flexibility index (Phi) is 15.1. The lowest BCUT2D eigenvalue weighted by atomic mass is 9.85. The molecule has 2 atom stereocenters. The molecule has 0 aromatic heterocycles. The van der Waals surface area contributed by atoms with Crippen LogP contribution in [0.4, 0.5) is 0 Å². The molecule has 0 saturated heterocycles. The van der Waals surface area contributed by atoms with Gasteiger partial charge in [-0.15, -0.1) is 0 Å². The first-order valence-electron chi connectivity index (χ1n) is 20.9. The predicted octanol–water partition coefficient (Wildman–Crippen LogP) is 10.1. The number of carboxylic acids is 4. The molecular formula is C46H66O10. The van der Waals surface area contributed by atoms with Crippen molar-refractivity contribution in [3.63, 3.8) is 0 Å². The van der Waals surface area contributed by atoms with Gasteiger partial charge in [-0.1, -0.05) is 50.7 Å². The fraction of sp³-hybridized carbons (Fsp3) is 0.652. The van der Waals surface area contributed by atoms with Gasteiger partial charge in [0.25, 0.3) is 0 Å². The molecule has 6 N–H and O–H groups in total. The number of benzene rings is 2. The molecule has 0 aliphatic heterocycles. The molecule has 2 aromatic carbocycles. The van der Waals surface area contributed by atoms with Gasteiger partial charge >= 0.3 is 23.9 Å². The van der Waals surface area contributed by atoms with Crippen molar-refractivity contribution in [1.29, 1.82) is 0 Å². The summed E-state index contributed by atoms with van der Waals surface area (Å²) in [7, 11) is 0. The molecule has 0 amide bonds. The maximum atomic E-state index is 12.8. The lowest BCUT2D eigenvalue weighted by molar-refractivity contribution is -0.148. The first-order chi connectivity index (χ1) is 26.3. The lowest BCUT2D eigenvalue weighted by Crippen LogP contribution is -2.23. The first kappa shape index (κ1) is 44.6. The Hall–Kier alpha value is -4.08. The number of unbranched alkanes of at least 4 members (excludes halogenated alkanes) is 6. The molecule has 2 fully saturated rings. The summed E-state index contributed by atoms with van der Waals surface area (Å²) in [5.41, 5.74) is 1.92. The normalized spacial score (nSPS) is 18.8. The molecule has 2 aliphatic rings. The summed E-state index contributed by atoms with van der Waals surface area (Å²) in [6.07, 6.45) is 15.4. The summed E-state index contributed by atoms with van der Waals surface area (Å²) in [6.45, 7) is 6.93. The Labute approximate surface area is 332 Å². The Balaban J connectivity index is 1.35. The van der Waals surface area contributed by atoms with Gasteiger partial charge in [-0.05, 0) is 170 Å². The molecule has 0 bridgehead atoms. The molecule has 2 unspecified atom stereocenters. The van der Waals surface area contributed by atoms with Crippen LogP contribution in [0.25, 0.3) is 0 Å². The van der Waals surface area contributed by atoms with E-state index in [4.69, 9.17) is 0 Å². The minimum atomic E-state index is -0.932. The van der Waals surface area contributed by atoms with Gasteiger partial charge in [0.05, 0.1) is 21.7 Å². The summed E-state index contributed by atoms with van der Waals surface area (Å²) in [4.78, 5) is 47.5. The lowest BCUT2D eigenvalue weighted by Gasteiger charge is -2.19. The summed E-state index contributed by atoms with van der Waals surface area (Å²) < 4.78 is 0. The minimum Gasteiger partial charge on any atom is -0.508 e. The number of aryl methyl sites for hydroxylation is 4. The summed E-state index contributed by atoms with van der Waals surface area (Å²) >= 11 is 0. The van der Waals surface area contributed by atoms with Crippen molar-refractivity contribution in [1.82, 2.24) is 0 Å². The number of hydrogen-bond donors (Lipinski definition) is 6. The number of hydrogen-bond acceptors (Lipinski definition) is 6. The van der Waals surface area contributed by atoms with Gasteiger partial charge in [0.1, 0.15) is 11.5 Å². The maximum Gasteiger partial charge on any atom is 0.310 e. The average molecular weight is 779 g/mol. The highest BCUT2D eigenvalue weighted by Gasteiger charge is 2.61. The van der Waals surface area contributed by atoms with E-state index >= 15 is 0 Å². The van der Waals surface area contributed by atoms with E-state index < -0.39 is 45.5 Å². The number of phenols is 2. The van der Waals surface area contributed by atoms with Crippen LogP contribution in [0, 0.1) is 21.7 Å². The first-order valence-corrected chi connectivity index (χ1v) is 20.9. The average Bonchev–Trinajstić information content (AvgIpc) is 4.06. The summed E-state index contributed by atoms with van der Waals surface area (Å²) in [5, 5.41) is 60.4. The third kappa shape index (κ3) is 11.7. The molecule has 0 heterocycles. The van der Waals surface area contributed by atoms with Gasteiger partial charge < -0.3 is 30.6 Å². The van der Waals surface area contributed by atoms with Gasteiger partial charge in [0.2, 0.25) is 0 Å². The molecule has 2 saturated carbocycles. The van der Waals surface area contributed by atoms with Crippen LogP contribution in [-0.2, 0) is 44.9 Å². The molecule has 56 heavy (non-hydrogen) atoms. The van der Waals surface area contributed by atoms with Crippen LogP contribution in [0.3, 0.4) is 0 Å². The monoisotopic (exact) mass is 778 g/mol. The van der Waals surface area contributed by atoms with Crippen molar-refractivity contribution in [2.75, 3.05) is 0 Å². The highest BCUT2D eigenvalue weighted by molar-refractivity contribution is 5.81. The van der Waals surface area contributed by atoms with Crippen LogP contribution < -0.4 is 0 Å². The van der Waals surface area contributed by atoms with E-state index in [0.717, 1.165) is 119 Å². The third-order valence-corrected chi connectivity index (χ3v) is 13.0. The van der Waals surface area contributed by atoms with Crippen molar-refractivity contribution < 1.29 is 49.8 Å². The molecule has 2 aromatic rings. The van der Waals surface area contributed by atoms with Gasteiger partial charge in [0.15, 0.2) is 0 Å². The van der Waals surface area contributed by atoms with Crippen LogP contribution in [0.1, 0.15) is 171 Å². The van der Waals surface area contributed by atoms with Crippen LogP contribution in [0.5, 0.6) is 11.5 Å². The number of rotatable bonds is 27. The van der Waals surface area contributed by atoms with E-state index in [1.165, 1.54) is 0 Å². The zero-order valence-electron chi connectivity index (χ0n) is 34.1. The van der Waals surface area contributed by atoms with Gasteiger partial charge in [-0.25, -0.2) is 0 Å². The van der Waals surface area contributed by atoms with E-state index in [0.29, 0.717) is 44.1 Å². The van der Waals surface area contributed by atoms with Crippen LogP contribution in [0.15, 0.2) is 30.3 Å². The summed E-state index contributed by atoms with van der Waals surface area (Å²) in [5.74, 6) is -3.13. The molecule has 310 valence electrons. The van der Waals surface area contributed by atoms with Crippen molar-refractivity contribution >= 4 is 23.9 Å². The Morgan fingerprint density at radius 2 is 1.07 bits per heavy atom. The Morgan fingerprint density at radius 3 is 1.57 bits per heavy atom. The van der Waals surface area contributed by atoms with Crippen LogP contribution in [0.2, 0.25) is 0 Å². The smallest absolute Gasteiger partial charge is 0.310 e. The highest BCUT2D eigenvalue weighted by atomic mass is 16.4. The molecule has 10 heteroatoms. The van der Waals surface area contributed by atoms with Gasteiger partial charge in [-0.2, -0.15) is 0 Å². The highest BCUT2D eigenvalue weighted by Crippen LogP contribution is 2.64. The quantitative estimate of drug-likeness (QED) is 0.0476. The number of aliphatic carboxylic acids is 4. The van der Waals surface area contributed by atoms with E-state index in [1.54, 1.807) is 45.9 Å². The number of carboxylic acid groups (broad SMARTS) is 4. The molecule has 0 spiro atoms. The maximum absolute atomic E-state index is 12.8. The second-order valence-corrected chi connectivity index (χ2v) is 18.3. The topological polar surface area (TPSA) is 190 Å². The molecule has 2 aliphatic carbocycles. The summed E-state index contributed by atoms with van der Waals surface area (Å²) in [6, 6.07) is 9.23. The zero-order valence-corrected chi connectivity index (χ0v) is 34.1. The second kappa shape index (κ2) is 18.9. The van der Waals surface area contributed by atoms with Crippen molar-refractivity contribution in [3.8, 4) is 11.5 Å². The van der Waals surface area contributed by atoms with Gasteiger partial charge in [-0.3, -0.25) is 19.2 Å². The standard InChI is InChI=1S/C46H66O10/c1-43(2,39(49)50)21-13-9-17-32-27-35(47)20-19-31(32)15-7-6-12-24-46(42(55)56)30-37(46)36-28-33(18-10-14-22-44(3,4)40(51)52)34(29-38(36)48)16-8-5-11-23-45(25-26-45)41(53)54/h19-20,27-29,37,47-48H,5-18,21-26,30H2,1-4H3,(H,49,50)(H,51,52)(H,53,54)(H,55,56). The van der Waals surface area contributed by atoms with E-state index in [9.17, 15) is 49.8 Å². The fourth-order valence-corrected chi connectivity index (χ4v) is 8.45. The second-order valence-electron chi connectivity index (χ2n) is 18.3. The number of aromatic hydroxyl groups is 2. The molecule has 0 radical (unpaired) electrons. The predicted molar refractivity (Wildman–Crippen MR) is 215 cm³/mol. The minimum absolute atomic E-state index is 0.123. The van der Waals surface area contributed by atoms with Crippen LogP contribution >= 0.6 is 0 Å². The van der Waals surface area contributed by atoms with E-state index in [-0.39, 0.29) is 17.4 Å². The Bertz CT molecular complexity index is 1700. The van der Waals surface area contributed by atoms with Crippen LogP contribution in [-0.4, -0.2) is 54.5 Å². The molecule has 10 nitrogen and oxygen atoms in total. The fourth-order valence-electron chi connectivity index (χ4n) is 8.45. The zero-order chi connectivity index (χ0) is 41.3. The number of carbonyl (C=O) groups is 4. The third-order valence-electron chi connectivity index (χ3n) is 13.0. The van der Waals surface area contributed by atoms with E-state index in [2.05, 4.69) is 0 Å². The van der Waals surface area contributed by atoms with E-state index in [1.807, 2.05) is 12.1 Å². The Morgan fingerprint density at radius 1 is 0.589 bits per heavy atom. The van der Waals surface area contributed by atoms with Crippen molar-refractivity contribution in [2.24, 2.45) is 21.7 Å². The largest absolute Gasteiger partial charge is 0.508 e. The molecular weight excluding hydrogens is 712 g/mol. The number of phenolic OH excluding ortho intramolecular Hbond substituents is 2. The van der Waals surface area contributed by atoms with Crippen molar-refractivity contribution in [2.45, 2.75) is 168 Å². The SMILES string of the molecule is CC(C)(CCCCc1cc(C2CC2(CCCCCc2ccc(O)cc2CCCCC(C)(C)C(=O)O)C(=O)O)c(O)cc1CCCCCC1(C(=O)O)CC1)C(=O)O.